The van der Waals surface area contributed by atoms with Gasteiger partial charge in [0.1, 0.15) is 0 Å². The summed E-state index contributed by atoms with van der Waals surface area (Å²) >= 11 is 0. The van der Waals surface area contributed by atoms with Crippen LogP contribution in [0.4, 0.5) is 0 Å². The molecule has 0 saturated heterocycles. The first-order valence-electron chi connectivity index (χ1n) is 4.07. The van der Waals surface area contributed by atoms with Crippen molar-refractivity contribution in [3.05, 3.63) is 24.0 Å². The van der Waals surface area contributed by atoms with Crippen LogP contribution in [0.1, 0.15) is 13.3 Å². The van der Waals surface area contributed by atoms with Crippen LogP contribution in [0.3, 0.4) is 0 Å². The number of rotatable bonds is 1. The van der Waals surface area contributed by atoms with Crippen molar-refractivity contribution in [2.45, 2.75) is 19.4 Å². The zero-order chi connectivity index (χ0) is 7.68. The second kappa shape index (κ2) is 2.53. The first-order valence-corrected chi connectivity index (χ1v) is 4.07. The lowest BCUT2D eigenvalue weighted by Crippen LogP contribution is -2.30. The molecule has 2 aliphatic heterocycles. The molecule has 2 aliphatic rings. The topological polar surface area (TPSA) is 24.4 Å². The molecule has 58 valence electrons. The molecule has 0 saturated carbocycles. The van der Waals surface area contributed by atoms with E-state index in [2.05, 4.69) is 23.3 Å². The van der Waals surface area contributed by atoms with E-state index in [1.54, 1.807) is 0 Å². The molecule has 1 N–H and O–H groups in total. The number of fused-ring (bicyclic) bond motifs is 1. The minimum Gasteiger partial charge on any atom is -0.382 e. The predicted octanol–water partition coefficient (Wildman–Crippen LogP) is 1.47. The maximum absolute atomic E-state index is 4.18. The average Bonchev–Trinajstić information content (AvgIpc) is 2.50. The maximum Gasteiger partial charge on any atom is 0.0711 e. The van der Waals surface area contributed by atoms with E-state index >= 15 is 0 Å². The summed E-state index contributed by atoms with van der Waals surface area (Å²) in [4.78, 5) is 4.18. The van der Waals surface area contributed by atoms with Gasteiger partial charge in [0.05, 0.1) is 6.04 Å². The standard InChI is InChI=1S/C9H12N2/c1-2-7-5-10-6-9-8(7)3-4-11-9/h3-6,8-9,11H,2H2,1H3. The number of hydrogen-bond acceptors (Lipinski definition) is 2. The lowest BCUT2D eigenvalue weighted by Gasteiger charge is -2.20. The van der Waals surface area contributed by atoms with E-state index in [1.165, 1.54) is 5.57 Å². The number of nitrogens with one attached hydrogen (secondary N) is 1. The summed E-state index contributed by atoms with van der Waals surface area (Å²) in [5, 5.41) is 3.25. The van der Waals surface area contributed by atoms with Crippen LogP contribution >= 0.6 is 0 Å². The number of aliphatic imine (C=N–C) groups is 1. The Hall–Kier alpha value is -1.05. The van der Waals surface area contributed by atoms with Gasteiger partial charge in [-0.3, -0.25) is 4.99 Å². The van der Waals surface area contributed by atoms with Crippen LogP contribution in [0.5, 0.6) is 0 Å². The van der Waals surface area contributed by atoms with Crippen molar-refractivity contribution >= 4 is 6.21 Å². The summed E-state index contributed by atoms with van der Waals surface area (Å²) in [6.45, 7) is 2.18. The second-order valence-electron chi connectivity index (χ2n) is 2.93. The highest BCUT2D eigenvalue weighted by atomic mass is 14.9. The predicted molar refractivity (Wildman–Crippen MR) is 46.4 cm³/mol. The number of nitrogens with zero attached hydrogens (tertiary/aromatic N) is 1. The van der Waals surface area contributed by atoms with Crippen LogP contribution in [-0.4, -0.2) is 12.3 Å². The molecule has 2 heteroatoms. The minimum atomic E-state index is 0.426. The van der Waals surface area contributed by atoms with Crippen molar-refractivity contribution in [3.63, 3.8) is 0 Å². The van der Waals surface area contributed by atoms with Crippen molar-refractivity contribution in [1.82, 2.24) is 5.32 Å². The third-order valence-electron chi connectivity index (χ3n) is 2.30. The molecule has 2 rings (SSSR count). The normalized spacial score (nSPS) is 33.0. The molecular weight excluding hydrogens is 136 g/mol. The fraction of sp³-hybridized carbons (Fsp3) is 0.444. The van der Waals surface area contributed by atoms with Gasteiger partial charge in [-0.05, 0) is 18.2 Å². The summed E-state index contributed by atoms with van der Waals surface area (Å²) in [5.74, 6) is 0.567. The Morgan fingerprint density at radius 3 is 3.36 bits per heavy atom. The van der Waals surface area contributed by atoms with Gasteiger partial charge < -0.3 is 5.32 Å². The Morgan fingerprint density at radius 2 is 2.55 bits per heavy atom. The van der Waals surface area contributed by atoms with Gasteiger partial charge >= 0.3 is 0 Å². The van der Waals surface area contributed by atoms with Gasteiger partial charge in [0, 0.05) is 18.3 Å². The van der Waals surface area contributed by atoms with Crippen LogP contribution in [-0.2, 0) is 0 Å². The van der Waals surface area contributed by atoms with Gasteiger partial charge in [-0.1, -0.05) is 13.0 Å². The summed E-state index contributed by atoms with van der Waals surface area (Å²) in [6.07, 6.45) is 9.30. The van der Waals surface area contributed by atoms with E-state index < -0.39 is 0 Å². The first kappa shape index (κ1) is 6.65. The van der Waals surface area contributed by atoms with Crippen molar-refractivity contribution in [2.75, 3.05) is 0 Å². The van der Waals surface area contributed by atoms with Crippen molar-refractivity contribution in [2.24, 2.45) is 10.9 Å². The lowest BCUT2D eigenvalue weighted by atomic mass is 9.91. The Bertz CT molecular complexity index is 238. The SMILES string of the molecule is CCC1=CN=CC2NC=CC12. The molecule has 0 amide bonds. The summed E-state index contributed by atoms with van der Waals surface area (Å²) < 4.78 is 0. The maximum atomic E-state index is 4.18. The third-order valence-corrected chi connectivity index (χ3v) is 2.30. The average molecular weight is 148 g/mol. The molecule has 2 unspecified atom stereocenters. The van der Waals surface area contributed by atoms with Gasteiger partial charge in [0.2, 0.25) is 0 Å². The quantitative estimate of drug-likeness (QED) is 0.598. The fourth-order valence-corrected chi connectivity index (χ4v) is 1.63. The Balaban J connectivity index is 2.25. The summed E-state index contributed by atoms with van der Waals surface area (Å²) in [5.41, 5.74) is 1.43. The van der Waals surface area contributed by atoms with E-state index in [-0.39, 0.29) is 0 Å². The van der Waals surface area contributed by atoms with E-state index in [4.69, 9.17) is 0 Å². The molecule has 0 radical (unpaired) electrons. The molecule has 0 aliphatic carbocycles. The largest absolute Gasteiger partial charge is 0.382 e. The third kappa shape index (κ3) is 0.985. The van der Waals surface area contributed by atoms with Gasteiger partial charge in [0.15, 0.2) is 0 Å². The molecule has 0 fully saturated rings. The Kier molecular flexibility index (Phi) is 1.53. The highest BCUT2D eigenvalue weighted by Gasteiger charge is 2.25. The van der Waals surface area contributed by atoms with Crippen LogP contribution in [0.15, 0.2) is 29.0 Å². The molecule has 2 heterocycles. The van der Waals surface area contributed by atoms with Crippen LogP contribution in [0, 0.1) is 5.92 Å². The molecular formula is C9H12N2. The van der Waals surface area contributed by atoms with Crippen LogP contribution in [0.2, 0.25) is 0 Å². The molecule has 0 aromatic rings. The molecule has 2 atom stereocenters. The number of hydrogen-bond donors (Lipinski definition) is 1. The second-order valence-corrected chi connectivity index (χ2v) is 2.93. The van der Waals surface area contributed by atoms with E-state index in [0.29, 0.717) is 12.0 Å². The smallest absolute Gasteiger partial charge is 0.0711 e. The summed E-state index contributed by atoms with van der Waals surface area (Å²) in [6, 6.07) is 0.426. The van der Waals surface area contributed by atoms with Gasteiger partial charge in [-0.2, -0.15) is 0 Å². The molecule has 0 bridgehead atoms. The summed E-state index contributed by atoms with van der Waals surface area (Å²) in [7, 11) is 0. The van der Waals surface area contributed by atoms with E-state index in [9.17, 15) is 0 Å². The van der Waals surface area contributed by atoms with Crippen LogP contribution < -0.4 is 5.32 Å². The molecule has 0 spiro atoms. The zero-order valence-corrected chi connectivity index (χ0v) is 6.62. The fourth-order valence-electron chi connectivity index (χ4n) is 1.63. The zero-order valence-electron chi connectivity index (χ0n) is 6.62. The van der Waals surface area contributed by atoms with Crippen molar-refractivity contribution in [3.8, 4) is 0 Å². The molecule has 0 aromatic heterocycles. The minimum absolute atomic E-state index is 0.426. The highest BCUT2D eigenvalue weighted by molar-refractivity contribution is 5.70. The van der Waals surface area contributed by atoms with Crippen molar-refractivity contribution in [1.29, 1.82) is 0 Å². The van der Waals surface area contributed by atoms with Gasteiger partial charge in [-0.25, -0.2) is 0 Å². The molecule has 2 nitrogen and oxygen atoms in total. The van der Waals surface area contributed by atoms with E-state index in [1.807, 2.05) is 18.6 Å². The molecule has 11 heavy (non-hydrogen) atoms. The molecule has 0 aromatic carbocycles. The Morgan fingerprint density at radius 1 is 1.64 bits per heavy atom. The van der Waals surface area contributed by atoms with Crippen molar-refractivity contribution < 1.29 is 0 Å². The highest BCUT2D eigenvalue weighted by Crippen LogP contribution is 2.25. The van der Waals surface area contributed by atoms with Gasteiger partial charge in [0.25, 0.3) is 0 Å². The Labute approximate surface area is 66.7 Å². The van der Waals surface area contributed by atoms with E-state index in [0.717, 1.165) is 6.42 Å². The van der Waals surface area contributed by atoms with Gasteiger partial charge in [-0.15, -0.1) is 0 Å². The first-order chi connectivity index (χ1) is 5.42. The van der Waals surface area contributed by atoms with Crippen LogP contribution in [0.25, 0.3) is 0 Å². The monoisotopic (exact) mass is 148 g/mol. The lowest BCUT2D eigenvalue weighted by molar-refractivity contribution is 0.639.